The Morgan fingerprint density at radius 1 is 0.944 bits per heavy atom. The largest absolute Gasteiger partial charge is 0.393 e. The molecule has 0 aliphatic heterocycles. The lowest BCUT2D eigenvalue weighted by Gasteiger charge is -2.43. The fourth-order valence-electron chi connectivity index (χ4n) is 4.46. The lowest BCUT2D eigenvalue weighted by molar-refractivity contribution is -0.00169. The summed E-state index contributed by atoms with van der Waals surface area (Å²) in [5.74, 6) is 2.47. The Labute approximate surface area is 113 Å². The first-order valence-electron chi connectivity index (χ1n) is 8.51. The van der Waals surface area contributed by atoms with E-state index in [-0.39, 0.29) is 6.10 Å². The second-order valence-electron chi connectivity index (χ2n) is 6.72. The van der Waals surface area contributed by atoms with E-state index < -0.39 is 0 Å². The van der Waals surface area contributed by atoms with Crippen LogP contribution in [0.3, 0.4) is 0 Å². The summed E-state index contributed by atoms with van der Waals surface area (Å²) in [4.78, 5) is 0. The van der Waals surface area contributed by atoms with Crippen LogP contribution in [0, 0.1) is 17.8 Å². The van der Waals surface area contributed by atoms with Gasteiger partial charge in [0.2, 0.25) is 0 Å². The van der Waals surface area contributed by atoms with Crippen LogP contribution in [-0.4, -0.2) is 11.2 Å². The van der Waals surface area contributed by atoms with Gasteiger partial charge in [-0.05, 0) is 37.0 Å². The van der Waals surface area contributed by atoms with Crippen LogP contribution in [0.2, 0.25) is 0 Å². The molecule has 2 saturated carbocycles. The van der Waals surface area contributed by atoms with Gasteiger partial charge in [-0.25, -0.2) is 0 Å². The molecule has 0 heterocycles. The third-order valence-corrected chi connectivity index (χ3v) is 5.48. The highest BCUT2D eigenvalue weighted by molar-refractivity contribution is 4.88. The van der Waals surface area contributed by atoms with E-state index in [0.717, 1.165) is 18.3 Å². The van der Waals surface area contributed by atoms with Crippen LogP contribution in [0.5, 0.6) is 0 Å². The van der Waals surface area contributed by atoms with Crippen LogP contribution in [0.1, 0.15) is 84.0 Å². The molecule has 0 spiro atoms. The van der Waals surface area contributed by atoms with Gasteiger partial charge in [0, 0.05) is 0 Å². The maximum Gasteiger partial charge on any atom is 0.0571 e. The number of fused-ring (bicyclic) bond motifs is 1. The number of aliphatic hydroxyl groups excluding tert-OH is 1. The molecule has 2 fully saturated rings. The van der Waals surface area contributed by atoms with E-state index in [0.29, 0.717) is 5.92 Å². The van der Waals surface area contributed by atoms with Crippen molar-refractivity contribution in [2.45, 2.75) is 90.1 Å². The normalized spacial score (nSPS) is 34.0. The summed E-state index contributed by atoms with van der Waals surface area (Å²) in [7, 11) is 0. The maximum atomic E-state index is 10.5. The summed E-state index contributed by atoms with van der Waals surface area (Å²) in [6.07, 6.45) is 16.1. The predicted octanol–water partition coefficient (Wildman–Crippen LogP) is 4.92. The van der Waals surface area contributed by atoms with Crippen molar-refractivity contribution in [2.75, 3.05) is 0 Å². The minimum absolute atomic E-state index is 0.00718. The first kappa shape index (κ1) is 14.4. The molecule has 4 atom stereocenters. The Morgan fingerprint density at radius 2 is 1.72 bits per heavy atom. The molecule has 106 valence electrons. The predicted molar refractivity (Wildman–Crippen MR) is 77.6 cm³/mol. The molecule has 0 radical (unpaired) electrons. The molecule has 4 unspecified atom stereocenters. The van der Waals surface area contributed by atoms with E-state index in [2.05, 4.69) is 6.92 Å². The first-order valence-corrected chi connectivity index (χ1v) is 8.51. The number of aliphatic hydroxyl groups is 1. The molecule has 1 N–H and O–H groups in total. The second-order valence-corrected chi connectivity index (χ2v) is 6.72. The summed E-state index contributed by atoms with van der Waals surface area (Å²) in [6, 6.07) is 0. The lowest BCUT2D eigenvalue weighted by atomic mass is 9.63. The van der Waals surface area contributed by atoms with Gasteiger partial charge >= 0.3 is 0 Å². The van der Waals surface area contributed by atoms with Crippen LogP contribution in [0.25, 0.3) is 0 Å². The number of hydrogen-bond acceptors (Lipinski definition) is 1. The molecule has 0 saturated heterocycles. The van der Waals surface area contributed by atoms with Crippen LogP contribution >= 0.6 is 0 Å². The molecule has 0 amide bonds. The van der Waals surface area contributed by atoms with Gasteiger partial charge in [-0.3, -0.25) is 0 Å². The van der Waals surface area contributed by atoms with E-state index in [9.17, 15) is 5.11 Å². The van der Waals surface area contributed by atoms with Crippen LogP contribution in [0.4, 0.5) is 0 Å². The molecule has 0 bridgehead atoms. The summed E-state index contributed by atoms with van der Waals surface area (Å²) < 4.78 is 0. The molecule has 18 heavy (non-hydrogen) atoms. The average molecular weight is 252 g/mol. The van der Waals surface area contributed by atoms with Crippen LogP contribution in [-0.2, 0) is 0 Å². The first-order chi connectivity index (χ1) is 8.83. The van der Waals surface area contributed by atoms with E-state index in [1.54, 1.807) is 0 Å². The van der Waals surface area contributed by atoms with Gasteiger partial charge in [-0.15, -0.1) is 0 Å². The Hall–Kier alpha value is -0.0400. The SMILES string of the molecule is CCCCCCC(O)C1CCCC2CCCCC21. The fourth-order valence-corrected chi connectivity index (χ4v) is 4.46. The van der Waals surface area contributed by atoms with E-state index in [4.69, 9.17) is 0 Å². The maximum absolute atomic E-state index is 10.5. The van der Waals surface area contributed by atoms with Gasteiger partial charge in [-0.2, -0.15) is 0 Å². The minimum Gasteiger partial charge on any atom is -0.393 e. The highest BCUT2D eigenvalue weighted by Gasteiger charge is 2.37. The van der Waals surface area contributed by atoms with Crippen molar-refractivity contribution in [1.82, 2.24) is 0 Å². The number of hydrogen-bond donors (Lipinski definition) is 1. The third-order valence-electron chi connectivity index (χ3n) is 5.48. The van der Waals surface area contributed by atoms with Crippen molar-refractivity contribution >= 4 is 0 Å². The summed E-state index contributed by atoms with van der Waals surface area (Å²) >= 11 is 0. The Morgan fingerprint density at radius 3 is 2.56 bits per heavy atom. The van der Waals surface area contributed by atoms with Gasteiger partial charge in [0.1, 0.15) is 0 Å². The zero-order valence-corrected chi connectivity index (χ0v) is 12.2. The molecule has 1 nitrogen and oxygen atoms in total. The molecule has 0 aromatic heterocycles. The number of rotatable bonds is 6. The van der Waals surface area contributed by atoms with Gasteiger partial charge in [-0.1, -0.05) is 64.7 Å². The highest BCUT2D eigenvalue weighted by Crippen LogP contribution is 2.45. The lowest BCUT2D eigenvalue weighted by Crippen LogP contribution is -2.37. The smallest absolute Gasteiger partial charge is 0.0571 e. The molecule has 2 aliphatic carbocycles. The Bertz CT molecular complexity index is 224. The van der Waals surface area contributed by atoms with Gasteiger partial charge < -0.3 is 5.11 Å². The Balaban J connectivity index is 1.78. The van der Waals surface area contributed by atoms with Crippen LogP contribution in [0.15, 0.2) is 0 Å². The van der Waals surface area contributed by atoms with Crippen molar-refractivity contribution in [3.63, 3.8) is 0 Å². The van der Waals surface area contributed by atoms with Crippen molar-refractivity contribution in [2.24, 2.45) is 17.8 Å². The Kier molecular flexibility index (Phi) is 6.01. The molecule has 0 aromatic carbocycles. The zero-order valence-electron chi connectivity index (χ0n) is 12.2. The summed E-state index contributed by atoms with van der Waals surface area (Å²) in [5, 5.41) is 10.5. The van der Waals surface area contributed by atoms with Crippen LogP contribution < -0.4 is 0 Å². The number of unbranched alkanes of at least 4 members (excludes halogenated alkanes) is 3. The molecule has 1 heteroatoms. The molecule has 2 rings (SSSR count). The van der Waals surface area contributed by atoms with E-state index >= 15 is 0 Å². The molecule has 2 aliphatic rings. The second kappa shape index (κ2) is 7.53. The minimum atomic E-state index is 0.00718. The van der Waals surface area contributed by atoms with Crippen molar-refractivity contribution < 1.29 is 5.11 Å². The summed E-state index contributed by atoms with van der Waals surface area (Å²) in [6.45, 7) is 2.25. The fraction of sp³-hybridized carbons (Fsp3) is 1.00. The van der Waals surface area contributed by atoms with Gasteiger partial charge in [0.15, 0.2) is 0 Å². The zero-order chi connectivity index (χ0) is 12.8. The topological polar surface area (TPSA) is 20.2 Å². The highest BCUT2D eigenvalue weighted by atomic mass is 16.3. The quantitative estimate of drug-likeness (QED) is 0.665. The molecular weight excluding hydrogens is 220 g/mol. The van der Waals surface area contributed by atoms with Gasteiger partial charge in [0.05, 0.1) is 6.10 Å². The standard InChI is InChI=1S/C17H32O/c1-2-3-4-5-13-17(18)16-12-8-10-14-9-6-7-11-15(14)16/h14-18H,2-13H2,1H3. The third kappa shape index (κ3) is 3.73. The molecular formula is C17H32O. The summed E-state index contributed by atoms with van der Waals surface area (Å²) in [5.41, 5.74) is 0. The van der Waals surface area contributed by atoms with Gasteiger partial charge in [0.25, 0.3) is 0 Å². The monoisotopic (exact) mass is 252 g/mol. The van der Waals surface area contributed by atoms with Crippen molar-refractivity contribution in [3.8, 4) is 0 Å². The average Bonchev–Trinajstić information content (AvgIpc) is 2.43. The van der Waals surface area contributed by atoms with Crippen molar-refractivity contribution in [1.29, 1.82) is 0 Å². The van der Waals surface area contributed by atoms with E-state index in [1.165, 1.54) is 70.6 Å². The molecule has 0 aromatic rings. The van der Waals surface area contributed by atoms with E-state index in [1.807, 2.05) is 0 Å². The van der Waals surface area contributed by atoms with Crippen molar-refractivity contribution in [3.05, 3.63) is 0 Å².